The number of likely N-dealkylation sites (N-methyl/N-ethyl adjacent to an activating group) is 1. The number of ether oxygens (including phenoxy) is 2. The molecule has 0 unspecified atom stereocenters. The fourth-order valence-corrected chi connectivity index (χ4v) is 2.66. The van der Waals surface area contributed by atoms with Gasteiger partial charge in [-0.05, 0) is 42.8 Å². The average Bonchev–Trinajstić information content (AvgIpc) is 2.67. The molecule has 5 heteroatoms. The minimum Gasteiger partial charge on any atom is -0.497 e. The van der Waals surface area contributed by atoms with Crippen LogP contribution in [0, 0.1) is 6.92 Å². The highest BCUT2D eigenvalue weighted by molar-refractivity contribution is 5.94. The third-order valence-corrected chi connectivity index (χ3v) is 4.24. The van der Waals surface area contributed by atoms with Crippen molar-refractivity contribution in [3.8, 4) is 11.5 Å². The van der Waals surface area contributed by atoms with E-state index in [-0.39, 0.29) is 5.91 Å². The van der Waals surface area contributed by atoms with Gasteiger partial charge in [-0.25, -0.2) is 4.98 Å². The van der Waals surface area contributed by atoms with Gasteiger partial charge in [-0.2, -0.15) is 0 Å². The molecule has 0 fully saturated rings. The van der Waals surface area contributed by atoms with Gasteiger partial charge in [0, 0.05) is 12.4 Å². The van der Waals surface area contributed by atoms with E-state index in [1.54, 1.807) is 25.1 Å². The maximum atomic E-state index is 12.6. The Labute approximate surface area is 153 Å². The van der Waals surface area contributed by atoms with Crippen molar-refractivity contribution in [3.63, 3.8) is 0 Å². The Balaban J connectivity index is 1.64. The van der Waals surface area contributed by atoms with Gasteiger partial charge in [0.25, 0.3) is 5.91 Å². The molecule has 0 bridgehead atoms. The van der Waals surface area contributed by atoms with E-state index in [2.05, 4.69) is 4.98 Å². The smallest absolute Gasteiger partial charge is 0.272 e. The number of rotatable bonds is 6. The van der Waals surface area contributed by atoms with E-state index in [1.165, 1.54) is 0 Å². The molecule has 1 amide bonds. The lowest BCUT2D eigenvalue weighted by Crippen LogP contribution is -2.31. The predicted molar refractivity (Wildman–Crippen MR) is 102 cm³/mol. The Morgan fingerprint density at radius 1 is 1.12 bits per heavy atom. The third kappa shape index (κ3) is 3.94. The minimum absolute atomic E-state index is 0.129. The maximum Gasteiger partial charge on any atom is 0.272 e. The van der Waals surface area contributed by atoms with Crippen LogP contribution in [0.3, 0.4) is 0 Å². The summed E-state index contributed by atoms with van der Waals surface area (Å²) in [7, 11) is 3.38. The van der Waals surface area contributed by atoms with Gasteiger partial charge >= 0.3 is 0 Å². The Hall–Kier alpha value is -3.08. The quantitative estimate of drug-likeness (QED) is 0.680. The number of amides is 1. The molecule has 1 heterocycles. The minimum atomic E-state index is -0.129. The number of aryl methyl sites for hydroxylation is 1. The Kier molecular flexibility index (Phi) is 5.37. The zero-order valence-electron chi connectivity index (χ0n) is 15.2. The summed E-state index contributed by atoms with van der Waals surface area (Å²) in [4.78, 5) is 18.7. The van der Waals surface area contributed by atoms with Gasteiger partial charge in [-0.3, -0.25) is 4.79 Å². The zero-order chi connectivity index (χ0) is 18.5. The molecule has 3 aromatic rings. The predicted octanol–water partition coefficient (Wildman–Crippen LogP) is 3.70. The van der Waals surface area contributed by atoms with Gasteiger partial charge in [0.1, 0.15) is 23.8 Å². The number of nitrogens with zero attached hydrogens (tertiary/aromatic N) is 2. The van der Waals surface area contributed by atoms with Gasteiger partial charge in [-0.1, -0.05) is 24.3 Å². The summed E-state index contributed by atoms with van der Waals surface area (Å²) in [6.07, 6.45) is 0. The molecule has 1 aromatic heterocycles. The Bertz CT molecular complexity index is 924. The molecule has 2 aromatic carbocycles. The number of methoxy groups -OCH3 is 1. The van der Waals surface area contributed by atoms with E-state index in [9.17, 15) is 4.79 Å². The van der Waals surface area contributed by atoms with Gasteiger partial charge in [0.15, 0.2) is 0 Å². The first-order chi connectivity index (χ1) is 12.6. The summed E-state index contributed by atoms with van der Waals surface area (Å²) >= 11 is 0. The summed E-state index contributed by atoms with van der Waals surface area (Å²) < 4.78 is 11.0. The second-order valence-electron chi connectivity index (χ2n) is 6.10. The van der Waals surface area contributed by atoms with E-state index in [4.69, 9.17) is 9.47 Å². The molecular weight excluding hydrogens is 328 g/mol. The lowest BCUT2D eigenvalue weighted by atomic mass is 10.2. The highest BCUT2D eigenvalue weighted by Crippen LogP contribution is 2.20. The lowest BCUT2D eigenvalue weighted by Gasteiger charge is -2.18. The number of pyridine rings is 1. The molecule has 26 heavy (non-hydrogen) atoms. The van der Waals surface area contributed by atoms with Crippen molar-refractivity contribution in [2.75, 3.05) is 27.3 Å². The van der Waals surface area contributed by atoms with Crippen LogP contribution in [0.5, 0.6) is 11.5 Å². The topological polar surface area (TPSA) is 51.7 Å². The monoisotopic (exact) mass is 350 g/mol. The van der Waals surface area contributed by atoms with E-state index >= 15 is 0 Å². The van der Waals surface area contributed by atoms with Crippen LogP contribution in [0.4, 0.5) is 0 Å². The van der Waals surface area contributed by atoms with Crippen LogP contribution in [0.1, 0.15) is 16.1 Å². The van der Waals surface area contributed by atoms with Gasteiger partial charge in [-0.15, -0.1) is 0 Å². The number of hydrogen-bond acceptors (Lipinski definition) is 4. The highest BCUT2D eigenvalue weighted by atomic mass is 16.5. The Morgan fingerprint density at radius 3 is 2.69 bits per heavy atom. The molecule has 0 aliphatic carbocycles. The molecule has 0 saturated heterocycles. The van der Waals surface area contributed by atoms with E-state index in [0.717, 1.165) is 28.0 Å². The van der Waals surface area contributed by atoms with Crippen LogP contribution < -0.4 is 9.47 Å². The van der Waals surface area contributed by atoms with Gasteiger partial charge in [0.2, 0.25) is 0 Å². The van der Waals surface area contributed by atoms with Crippen LogP contribution >= 0.6 is 0 Å². The van der Waals surface area contributed by atoms with Crippen LogP contribution in [0.15, 0.2) is 54.6 Å². The SMILES string of the molecule is COc1ccc2nc(C(=O)N(C)CCOc3ccccc3C)ccc2c1. The maximum absolute atomic E-state index is 12.6. The summed E-state index contributed by atoms with van der Waals surface area (Å²) in [6, 6.07) is 17.0. The molecule has 5 nitrogen and oxygen atoms in total. The molecule has 134 valence electrons. The molecule has 0 saturated carbocycles. The average molecular weight is 350 g/mol. The third-order valence-electron chi connectivity index (χ3n) is 4.24. The molecule has 0 spiro atoms. The fraction of sp³-hybridized carbons (Fsp3) is 0.238. The van der Waals surface area contributed by atoms with Crippen molar-refractivity contribution in [1.82, 2.24) is 9.88 Å². The van der Waals surface area contributed by atoms with Crippen LogP contribution in [-0.2, 0) is 0 Å². The van der Waals surface area contributed by atoms with Crippen LogP contribution in [-0.4, -0.2) is 43.1 Å². The molecule has 0 aliphatic rings. The van der Waals surface area contributed by atoms with E-state index in [0.29, 0.717) is 18.8 Å². The number of carbonyl (C=O) groups is 1. The fourth-order valence-electron chi connectivity index (χ4n) is 2.66. The van der Waals surface area contributed by atoms with Crippen molar-refractivity contribution >= 4 is 16.8 Å². The lowest BCUT2D eigenvalue weighted by molar-refractivity contribution is 0.0768. The number of aromatic nitrogens is 1. The first-order valence-electron chi connectivity index (χ1n) is 8.47. The first kappa shape index (κ1) is 17.7. The number of benzene rings is 2. The molecule has 0 radical (unpaired) electrons. The second-order valence-corrected chi connectivity index (χ2v) is 6.10. The van der Waals surface area contributed by atoms with Crippen molar-refractivity contribution in [1.29, 1.82) is 0 Å². The van der Waals surface area contributed by atoms with Gasteiger partial charge in [0.05, 0.1) is 19.2 Å². The van der Waals surface area contributed by atoms with Crippen LogP contribution in [0.2, 0.25) is 0 Å². The van der Waals surface area contributed by atoms with Crippen molar-refractivity contribution in [2.45, 2.75) is 6.92 Å². The first-order valence-corrected chi connectivity index (χ1v) is 8.47. The van der Waals surface area contributed by atoms with Crippen molar-refractivity contribution in [2.24, 2.45) is 0 Å². The largest absolute Gasteiger partial charge is 0.497 e. The summed E-state index contributed by atoms with van der Waals surface area (Å²) in [5.41, 5.74) is 2.26. The normalized spacial score (nSPS) is 10.6. The second kappa shape index (κ2) is 7.87. The molecular formula is C21H22N2O3. The number of carbonyl (C=O) groups excluding carboxylic acids is 1. The molecule has 0 aliphatic heterocycles. The highest BCUT2D eigenvalue weighted by Gasteiger charge is 2.14. The number of para-hydroxylation sites is 1. The Morgan fingerprint density at radius 2 is 1.92 bits per heavy atom. The molecule has 0 atom stereocenters. The molecule has 3 rings (SSSR count). The molecule has 0 N–H and O–H groups in total. The van der Waals surface area contributed by atoms with E-state index < -0.39 is 0 Å². The summed E-state index contributed by atoms with van der Waals surface area (Å²) in [6.45, 7) is 2.91. The van der Waals surface area contributed by atoms with E-state index in [1.807, 2.05) is 55.5 Å². The standard InChI is InChI=1S/C21H22N2O3/c1-15-6-4-5-7-20(15)26-13-12-23(2)21(24)19-10-8-16-14-17(25-3)9-11-18(16)22-19/h4-11,14H,12-13H2,1-3H3. The zero-order valence-corrected chi connectivity index (χ0v) is 15.2. The van der Waals surface area contributed by atoms with Crippen molar-refractivity contribution < 1.29 is 14.3 Å². The van der Waals surface area contributed by atoms with Gasteiger partial charge < -0.3 is 14.4 Å². The summed E-state index contributed by atoms with van der Waals surface area (Å²) in [5, 5.41) is 0.937. The number of fused-ring (bicyclic) bond motifs is 1. The number of hydrogen-bond donors (Lipinski definition) is 0. The van der Waals surface area contributed by atoms with Crippen LogP contribution in [0.25, 0.3) is 10.9 Å². The van der Waals surface area contributed by atoms with Crippen molar-refractivity contribution in [3.05, 3.63) is 65.9 Å². The summed E-state index contributed by atoms with van der Waals surface area (Å²) in [5.74, 6) is 1.48.